The average Bonchev–Trinajstić information content (AvgIpc) is 2.88. The van der Waals surface area contributed by atoms with Gasteiger partial charge in [-0.15, -0.1) is 0 Å². The molecule has 2 aromatic rings. The molecule has 6 heteroatoms. The molecule has 0 saturated heterocycles. The van der Waals surface area contributed by atoms with Gasteiger partial charge in [-0.05, 0) is 18.1 Å². The van der Waals surface area contributed by atoms with E-state index in [0.29, 0.717) is 6.42 Å². The second-order valence-corrected chi connectivity index (χ2v) is 4.55. The molecule has 0 radical (unpaired) electrons. The van der Waals surface area contributed by atoms with Crippen LogP contribution < -0.4 is 0 Å². The number of rotatable bonds is 5. The minimum absolute atomic E-state index is 0.184. The maximum Gasteiger partial charge on any atom is 0.305 e. The predicted octanol–water partition coefficient (Wildman–Crippen LogP) is 3.03. The highest BCUT2D eigenvalue weighted by molar-refractivity contribution is 5.37. The van der Waals surface area contributed by atoms with Gasteiger partial charge in [0.05, 0.1) is 17.6 Å². The third-order valence-electron chi connectivity index (χ3n) is 3.15. The highest BCUT2D eigenvalue weighted by Gasteiger charge is 2.17. The van der Waals surface area contributed by atoms with Crippen molar-refractivity contribution in [2.24, 2.45) is 0 Å². The predicted molar refractivity (Wildman–Crippen MR) is 71.8 cm³/mol. The molecule has 1 N–H and O–H groups in total. The number of nitrogens with zero attached hydrogens (tertiary/aromatic N) is 2. The summed E-state index contributed by atoms with van der Waals surface area (Å²) >= 11 is 0. The van der Waals surface area contributed by atoms with Gasteiger partial charge in [-0.3, -0.25) is 10.1 Å². The van der Waals surface area contributed by atoms with Crippen molar-refractivity contribution in [3.63, 3.8) is 0 Å². The lowest BCUT2D eigenvalue weighted by Crippen LogP contribution is -2.02. The first kappa shape index (κ1) is 14.2. The van der Waals surface area contributed by atoms with Crippen LogP contribution in [0.5, 0.6) is 0 Å². The molecule has 1 heterocycles. The molecular formula is C14H15FN2O3. The summed E-state index contributed by atoms with van der Waals surface area (Å²) in [7, 11) is 0. The number of nitro benzene ring substituents is 1. The first-order valence-electron chi connectivity index (χ1n) is 6.28. The molecule has 0 saturated carbocycles. The van der Waals surface area contributed by atoms with Crippen LogP contribution in [0.1, 0.15) is 30.6 Å². The van der Waals surface area contributed by atoms with Gasteiger partial charge >= 0.3 is 5.69 Å². The quantitative estimate of drug-likeness (QED) is 0.675. The Hall–Kier alpha value is -2.21. The number of aliphatic hydroxyl groups excluding tert-OH is 1. The van der Waals surface area contributed by atoms with E-state index in [9.17, 15) is 19.6 Å². The molecule has 1 aromatic heterocycles. The summed E-state index contributed by atoms with van der Waals surface area (Å²) in [6.45, 7) is 2.05. The normalized spacial score (nSPS) is 12.3. The Bertz CT molecular complexity index is 625. The molecule has 0 spiro atoms. The monoisotopic (exact) mass is 278 g/mol. The number of aliphatic hydroxyl groups is 1. The van der Waals surface area contributed by atoms with Crippen molar-refractivity contribution in [3.05, 3.63) is 63.7 Å². The summed E-state index contributed by atoms with van der Waals surface area (Å²) in [5, 5.41) is 20.4. The zero-order chi connectivity index (χ0) is 14.7. The van der Waals surface area contributed by atoms with Crippen LogP contribution in [0.25, 0.3) is 0 Å². The third kappa shape index (κ3) is 2.85. The van der Waals surface area contributed by atoms with E-state index >= 15 is 0 Å². The van der Waals surface area contributed by atoms with Crippen molar-refractivity contribution in [1.82, 2.24) is 4.57 Å². The summed E-state index contributed by atoms with van der Waals surface area (Å²) in [6, 6.07) is 5.87. The largest absolute Gasteiger partial charge is 0.388 e. The van der Waals surface area contributed by atoms with Crippen molar-refractivity contribution < 1.29 is 14.4 Å². The van der Waals surface area contributed by atoms with Gasteiger partial charge in [0, 0.05) is 24.0 Å². The number of hydrogen-bond acceptors (Lipinski definition) is 3. The highest BCUT2D eigenvalue weighted by atomic mass is 19.1. The van der Waals surface area contributed by atoms with E-state index in [1.54, 1.807) is 23.0 Å². The molecule has 1 atom stereocenters. The van der Waals surface area contributed by atoms with E-state index in [1.165, 1.54) is 12.1 Å². The highest BCUT2D eigenvalue weighted by Crippen LogP contribution is 2.22. The fraction of sp³-hybridized carbons (Fsp3) is 0.286. The summed E-state index contributed by atoms with van der Waals surface area (Å²) in [6.07, 6.45) is 3.47. The number of hydrogen-bond donors (Lipinski definition) is 1. The van der Waals surface area contributed by atoms with Crippen LogP contribution in [-0.4, -0.2) is 14.6 Å². The van der Waals surface area contributed by atoms with E-state index in [4.69, 9.17) is 0 Å². The second-order valence-electron chi connectivity index (χ2n) is 4.55. The van der Waals surface area contributed by atoms with Crippen molar-refractivity contribution >= 4 is 5.69 Å². The van der Waals surface area contributed by atoms with Gasteiger partial charge in [0.2, 0.25) is 5.82 Å². The lowest BCUT2D eigenvalue weighted by Gasteiger charge is -2.06. The van der Waals surface area contributed by atoms with Gasteiger partial charge in [-0.2, -0.15) is 4.39 Å². The number of nitro groups is 1. The molecule has 1 unspecified atom stereocenters. The van der Waals surface area contributed by atoms with Crippen LogP contribution >= 0.6 is 0 Å². The standard InChI is InChI=1S/C14H15FN2O3/c1-2-13(18)10-6-7-16(8-10)9-11-4-3-5-12(14(11)15)17(19)20/h3-8,13,18H,2,9H2,1H3. The Morgan fingerprint density at radius 3 is 2.85 bits per heavy atom. The number of benzene rings is 1. The molecule has 20 heavy (non-hydrogen) atoms. The third-order valence-corrected chi connectivity index (χ3v) is 3.15. The lowest BCUT2D eigenvalue weighted by atomic mass is 10.1. The minimum atomic E-state index is -0.816. The smallest absolute Gasteiger partial charge is 0.305 e. The molecule has 106 valence electrons. The number of halogens is 1. The fourth-order valence-corrected chi connectivity index (χ4v) is 2.02. The van der Waals surface area contributed by atoms with Gasteiger partial charge in [0.15, 0.2) is 0 Å². The zero-order valence-electron chi connectivity index (χ0n) is 11.0. The molecule has 0 aliphatic carbocycles. The Morgan fingerprint density at radius 2 is 2.20 bits per heavy atom. The summed E-state index contributed by atoms with van der Waals surface area (Å²) < 4.78 is 15.6. The first-order valence-corrected chi connectivity index (χ1v) is 6.28. The SMILES string of the molecule is CCC(O)c1ccn(Cc2cccc([N+](=O)[O-])c2F)c1. The number of aromatic nitrogens is 1. The summed E-state index contributed by atoms with van der Waals surface area (Å²) in [4.78, 5) is 9.95. The van der Waals surface area contributed by atoms with Gasteiger partial charge in [0.1, 0.15) is 0 Å². The van der Waals surface area contributed by atoms with Crippen LogP contribution in [0.15, 0.2) is 36.7 Å². The molecule has 0 aliphatic rings. The van der Waals surface area contributed by atoms with Gasteiger partial charge in [-0.25, -0.2) is 0 Å². The molecule has 0 fully saturated rings. The molecule has 2 rings (SSSR count). The van der Waals surface area contributed by atoms with Crippen LogP contribution in [0.3, 0.4) is 0 Å². The van der Waals surface area contributed by atoms with Crippen LogP contribution in [0.2, 0.25) is 0 Å². The maximum absolute atomic E-state index is 13.9. The van der Waals surface area contributed by atoms with Crippen LogP contribution in [0.4, 0.5) is 10.1 Å². The Morgan fingerprint density at radius 1 is 1.45 bits per heavy atom. The summed E-state index contributed by atoms with van der Waals surface area (Å²) in [5.74, 6) is -0.816. The van der Waals surface area contributed by atoms with E-state index in [1.807, 2.05) is 6.92 Å². The Balaban J connectivity index is 2.24. The van der Waals surface area contributed by atoms with E-state index < -0.39 is 22.5 Å². The van der Waals surface area contributed by atoms with Gasteiger partial charge < -0.3 is 9.67 Å². The molecule has 0 amide bonds. The maximum atomic E-state index is 13.9. The van der Waals surface area contributed by atoms with Gasteiger partial charge in [-0.1, -0.05) is 19.1 Å². The average molecular weight is 278 g/mol. The van der Waals surface area contributed by atoms with Crippen molar-refractivity contribution in [1.29, 1.82) is 0 Å². The van der Waals surface area contributed by atoms with Crippen LogP contribution in [0, 0.1) is 15.9 Å². The topological polar surface area (TPSA) is 68.3 Å². The Labute approximate surface area is 115 Å². The molecule has 0 bridgehead atoms. The van der Waals surface area contributed by atoms with E-state index in [-0.39, 0.29) is 12.1 Å². The molecular weight excluding hydrogens is 263 g/mol. The minimum Gasteiger partial charge on any atom is -0.388 e. The van der Waals surface area contributed by atoms with E-state index in [0.717, 1.165) is 11.6 Å². The van der Waals surface area contributed by atoms with Gasteiger partial charge in [0.25, 0.3) is 0 Å². The Kier molecular flexibility index (Phi) is 4.14. The fourth-order valence-electron chi connectivity index (χ4n) is 2.02. The first-order chi connectivity index (χ1) is 9.52. The zero-order valence-corrected chi connectivity index (χ0v) is 11.0. The second kappa shape index (κ2) is 5.83. The molecule has 5 nitrogen and oxygen atoms in total. The molecule has 0 aliphatic heterocycles. The van der Waals surface area contributed by atoms with Crippen molar-refractivity contribution in [2.45, 2.75) is 26.0 Å². The van der Waals surface area contributed by atoms with Crippen molar-refractivity contribution in [3.8, 4) is 0 Å². The lowest BCUT2D eigenvalue weighted by molar-refractivity contribution is -0.387. The summed E-state index contributed by atoms with van der Waals surface area (Å²) in [5.41, 5.74) is 0.467. The van der Waals surface area contributed by atoms with Crippen molar-refractivity contribution in [2.75, 3.05) is 0 Å². The molecule has 1 aromatic carbocycles. The van der Waals surface area contributed by atoms with Crippen LogP contribution in [-0.2, 0) is 6.54 Å². The van der Waals surface area contributed by atoms with E-state index in [2.05, 4.69) is 0 Å².